The van der Waals surface area contributed by atoms with Crippen molar-refractivity contribution < 1.29 is 4.74 Å². The van der Waals surface area contributed by atoms with Crippen LogP contribution in [-0.2, 0) is 5.41 Å². The van der Waals surface area contributed by atoms with Gasteiger partial charge in [0.05, 0.1) is 5.69 Å². The van der Waals surface area contributed by atoms with Gasteiger partial charge in [0, 0.05) is 16.9 Å². The molecule has 0 fully saturated rings. The lowest BCUT2D eigenvalue weighted by atomic mass is 9.34. The molecule has 57 heavy (non-hydrogen) atoms. The highest BCUT2D eigenvalue weighted by Gasteiger charge is 2.51. The summed E-state index contributed by atoms with van der Waals surface area (Å²) in [7, 11) is -2.76. The van der Waals surface area contributed by atoms with Gasteiger partial charge in [-0.05, 0) is 114 Å². The van der Waals surface area contributed by atoms with Gasteiger partial charge in [-0.3, -0.25) is 0 Å². The van der Waals surface area contributed by atoms with E-state index in [1.807, 2.05) is 0 Å². The molecule has 8 aromatic rings. The van der Waals surface area contributed by atoms with Crippen LogP contribution < -0.4 is 46.8 Å². The summed E-state index contributed by atoms with van der Waals surface area (Å²) in [5.41, 5.74) is 14.9. The van der Waals surface area contributed by atoms with E-state index >= 15 is 0 Å². The van der Waals surface area contributed by atoms with Gasteiger partial charge in [0.2, 0.25) is 0 Å². The first-order valence-corrected chi connectivity index (χ1v) is 22.1. The highest BCUT2D eigenvalue weighted by atomic mass is 28.3. The Hall–Kier alpha value is -6.36. The molecule has 2 nitrogen and oxygen atoms in total. The molecule has 8 aromatic carbocycles. The normalized spacial score (nSPS) is 14.2. The number of rotatable bonds is 4. The molecule has 272 valence electrons. The van der Waals surface area contributed by atoms with E-state index in [0.29, 0.717) is 0 Å². The van der Waals surface area contributed by atoms with Gasteiger partial charge >= 0.3 is 0 Å². The summed E-state index contributed by atoms with van der Waals surface area (Å²) in [6.45, 7) is 9.11. The minimum atomic E-state index is -2.76. The maximum atomic E-state index is 6.89. The van der Waals surface area contributed by atoms with Crippen molar-refractivity contribution in [2.75, 3.05) is 4.90 Å². The summed E-state index contributed by atoms with van der Waals surface area (Å²) in [4.78, 5) is 2.57. The molecule has 3 aliphatic rings. The lowest BCUT2D eigenvalue weighted by Crippen LogP contribution is -2.73. The van der Waals surface area contributed by atoms with Crippen LogP contribution in [0.25, 0.3) is 22.3 Å². The van der Waals surface area contributed by atoms with Crippen LogP contribution in [0, 0.1) is 6.92 Å². The van der Waals surface area contributed by atoms with Crippen molar-refractivity contribution in [1.29, 1.82) is 0 Å². The molecule has 0 amide bonds. The van der Waals surface area contributed by atoms with Gasteiger partial charge in [0.1, 0.15) is 11.5 Å². The van der Waals surface area contributed by atoms with Gasteiger partial charge < -0.3 is 9.64 Å². The van der Waals surface area contributed by atoms with Crippen molar-refractivity contribution in [3.8, 4) is 33.8 Å². The first kappa shape index (κ1) is 33.9. The zero-order valence-electron chi connectivity index (χ0n) is 32.8. The Morgan fingerprint density at radius 3 is 1.86 bits per heavy atom. The fourth-order valence-electron chi connectivity index (χ4n) is 10.1. The molecule has 0 radical (unpaired) electrons. The number of benzene rings is 8. The van der Waals surface area contributed by atoms with E-state index in [1.54, 1.807) is 0 Å². The third-order valence-corrected chi connectivity index (χ3v) is 17.5. The number of nitrogens with zero attached hydrogens (tertiary/aromatic N) is 1. The summed E-state index contributed by atoms with van der Waals surface area (Å²) in [6.07, 6.45) is 0. The van der Waals surface area contributed by atoms with Crippen LogP contribution in [-0.4, -0.2) is 14.8 Å². The minimum Gasteiger partial charge on any atom is -0.458 e. The molecule has 3 aliphatic heterocycles. The molecule has 11 rings (SSSR count). The second kappa shape index (κ2) is 12.6. The Bertz CT molecular complexity index is 2840. The second-order valence-electron chi connectivity index (χ2n) is 16.9. The molecule has 4 heteroatoms. The number of anilines is 3. The van der Waals surface area contributed by atoms with Crippen molar-refractivity contribution in [2.24, 2.45) is 0 Å². The fourth-order valence-corrected chi connectivity index (χ4v) is 15.3. The standard InChI is InChI=1S/C53H42BNOSi/c1-35-30-47-52-49(31-35)56-48-26-16-15-25-43(48)54(52)44-34-51-42(33-46(44)55(47)45-29-28-37(53(2,3)4)32-41(45)36-18-8-5-9-19-36)40-24-14-17-27-50(40)57(51,38-20-10-6-11-21-38)39-22-12-7-13-23-39/h5-34H,1-4H3. The molecule has 0 aromatic heterocycles. The van der Waals surface area contributed by atoms with Crippen molar-refractivity contribution in [1.82, 2.24) is 0 Å². The van der Waals surface area contributed by atoms with Crippen LogP contribution in [0.15, 0.2) is 182 Å². The van der Waals surface area contributed by atoms with Gasteiger partial charge in [-0.1, -0.05) is 166 Å². The lowest BCUT2D eigenvalue weighted by molar-refractivity contribution is 0.487. The molecule has 0 bridgehead atoms. The van der Waals surface area contributed by atoms with Crippen LogP contribution in [0.4, 0.5) is 17.1 Å². The topological polar surface area (TPSA) is 12.5 Å². The summed E-state index contributed by atoms with van der Waals surface area (Å²) in [6, 6.07) is 68.5. The summed E-state index contributed by atoms with van der Waals surface area (Å²) < 4.78 is 6.89. The molecule has 0 saturated heterocycles. The van der Waals surface area contributed by atoms with Crippen LogP contribution in [0.3, 0.4) is 0 Å². The average molecular weight is 748 g/mol. The Labute approximate surface area is 337 Å². The zero-order valence-corrected chi connectivity index (χ0v) is 33.8. The smallest absolute Gasteiger partial charge is 0.256 e. The third kappa shape index (κ3) is 4.97. The van der Waals surface area contributed by atoms with Gasteiger partial charge in [-0.2, -0.15) is 0 Å². The van der Waals surface area contributed by atoms with E-state index < -0.39 is 8.07 Å². The van der Waals surface area contributed by atoms with E-state index in [4.69, 9.17) is 4.74 Å². The number of para-hydroxylation sites is 1. The quantitative estimate of drug-likeness (QED) is 0.167. The van der Waals surface area contributed by atoms with Crippen LogP contribution in [0.1, 0.15) is 31.9 Å². The number of hydrogen-bond donors (Lipinski definition) is 0. The van der Waals surface area contributed by atoms with Gasteiger partial charge in [-0.15, -0.1) is 0 Å². The SMILES string of the molecule is Cc1cc2c3c(c1)N(c1ccc(C(C)(C)C)cc1-c1ccccc1)c1cc4c(cc1B3c1ccccc1O2)[Si](c1ccccc1)(c1ccccc1)c1ccccc1-4. The summed E-state index contributed by atoms with van der Waals surface area (Å²) in [5.74, 6) is 1.87. The van der Waals surface area contributed by atoms with Crippen molar-refractivity contribution in [3.63, 3.8) is 0 Å². The van der Waals surface area contributed by atoms with Gasteiger partial charge in [-0.25, -0.2) is 0 Å². The van der Waals surface area contributed by atoms with E-state index in [-0.39, 0.29) is 12.1 Å². The number of hydrogen-bond acceptors (Lipinski definition) is 2. The molecule has 0 spiro atoms. The maximum absolute atomic E-state index is 6.89. The first-order valence-electron chi connectivity index (χ1n) is 20.1. The Morgan fingerprint density at radius 2 is 1.14 bits per heavy atom. The van der Waals surface area contributed by atoms with Crippen LogP contribution in [0.5, 0.6) is 11.5 Å². The largest absolute Gasteiger partial charge is 0.458 e. The highest BCUT2D eigenvalue weighted by Crippen LogP contribution is 2.47. The average Bonchev–Trinajstić information content (AvgIpc) is 3.53. The van der Waals surface area contributed by atoms with Gasteiger partial charge in [0.25, 0.3) is 6.71 Å². The fraction of sp³-hybridized carbons (Fsp3) is 0.0943. The molecular weight excluding hydrogens is 705 g/mol. The summed E-state index contributed by atoms with van der Waals surface area (Å²) >= 11 is 0. The second-order valence-corrected chi connectivity index (χ2v) is 20.7. The molecule has 0 atom stereocenters. The Kier molecular flexibility index (Phi) is 7.49. The van der Waals surface area contributed by atoms with Gasteiger partial charge in [0.15, 0.2) is 8.07 Å². The van der Waals surface area contributed by atoms with Crippen LogP contribution >= 0.6 is 0 Å². The predicted octanol–water partition coefficient (Wildman–Crippen LogP) is 8.72. The number of ether oxygens (including phenoxy) is 1. The maximum Gasteiger partial charge on any atom is 0.256 e. The predicted molar refractivity (Wildman–Crippen MR) is 244 cm³/mol. The van der Waals surface area contributed by atoms with Crippen molar-refractivity contribution in [3.05, 3.63) is 193 Å². The third-order valence-electron chi connectivity index (χ3n) is 12.6. The molecule has 0 saturated carbocycles. The van der Waals surface area contributed by atoms with E-state index in [9.17, 15) is 0 Å². The molecule has 0 unspecified atom stereocenters. The highest BCUT2D eigenvalue weighted by molar-refractivity contribution is 7.22. The van der Waals surface area contributed by atoms with E-state index in [2.05, 4.69) is 215 Å². The zero-order chi connectivity index (χ0) is 38.5. The van der Waals surface area contributed by atoms with Crippen molar-refractivity contribution in [2.45, 2.75) is 33.1 Å². The van der Waals surface area contributed by atoms with Crippen LogP contribution in [0.2, 0.25) is 0 Å². The van der Waals surface area contributed by atoms with E-state index in [0.717, 1.165) is 11.5 Å². The summed E-state index contributed by atoms with van der Waals surface area (Å²) in [5, 5.41) is 5.71. The van der Waals surface area contributed by atoms with E-state index in [1.165, 1.54) is 87.6 Å². The Morgan fingerprint density at radius 1 is 0.491 bits per heavy atom. The minimum absolute atomic E-state index is 0.00641. The molecule has 0 N–H and O–H groups in total. The first-order chi connectivity index (χ1) is 27.8. The monoisotopic (exact) mass is 747 g/mol. The number of fused-ring (bicyclic) bond motifs is 7. The Balaban J connectivity index is 1.29. The number of aryl methyl sites for hydroxylation is 1. The molecular formula is C53H42BNOSi. The molecule has 3 heterocycles. The van der Waals surface area contributed by atoms with Crippen molar-refractivity contribution >= 4 is 69.0 Å². The lowest BCUT2D eigenvalue weighted by Gasteiger charge is -2.42. The molecule has 0 aliphatic carbocycles.